The summed E-state index contributed by atoms with van der Waals surface area (Å²) in [4.78, 5) is 10.5. The zero-order valence-electron chi connectivity index (χ0n) is 5.54. The number of carbonyl (C=O) groups is 1. The number of carbonyl (C=O) groups excluding carboxylic acids is 1. The number of ether oxygens (including phenoxy) is 1. The molecule has 0 N–H and O–H groups in total. The van der Waals surface area contributed by atoms with Crippen molar-refractivity contribution in [1.29, 1.82) is 0 Å². The van der Waals surface area contributed by atoms with Crippen molar-refractivity contribution in [1.82, 2.24) is 0 Å². The lowest BCUT2D eigenvalue weighted by atomic mass is 10.2. The van der Waals surface area contributed by atoms with Crippen LogP contribution in [-0.2, 0) is 4.74 Å². The molecule has 0 saturated heterocycles. The molecule has 2 rings (SSSR count). The minimum atomic E-state index is -0.531. The fourth-order valence-corrected chi connectivity index (χ4v) is 1.46. The van der Waals surface area contributed by atoms with Crippen LogP contribution in [0, 0.1) is 0 Å². The average molecular weight is 140 g/mol. The summed E-state index contributed by atoms with van der Waals surface area (Å²) in [5, 5.41) is 7.14. The maximum Gasteiger partial charge on any atom is 0.454 e. The second kappa shape index (κ2) is 1.78. The van der Waals surface area contributed by atoms with Crippen molar-refractivity contribution in [3.8, 4) is 0 Å². The predicted octanol–water partition coefficient (Wildman–Crippen LogP) is 1.86. The van der Waals surface area contributed by atoms with E-state index < -0.39 is 11.8 Å². The average Bonchev–Trinajstić information content (AvgIpc) is 2.46. The molecule has 1 saturated carbocycles. The van der Waals surface area contributed by atoms with Crippen LogP contribution in [0.25, 0.3) is 0 Å². The molecule has 0 bridgehead atoms. The first kappa shape index (κ1) is 5.82. The van der Waals surface area contributed by atoms with E-state index >= 15 is 0 Å². The number of amides is 1. The summed E-state index contributed by atoms with van der Waals surface area (Å²) in [7, 11) is 0. The molecule has 0 aromatic rings. The van der Waals surface area contributed by atoms with Crippen LogP contribution in [0.3, 0.4) is 0 Å². The van der Waals surface area contributed by atoms with Gasteiger partial charge in [0, 0.05) is 12.8 Å². The Hall–Kier alpha value is -0.930. The SMILES string of the molecule is O=C1N=NC2(CCCC2)O1. The van der Waals surface area contributed by atoms with E-state index in [1.807, 2.05) is 0 Å². The third-order valence-electron chi connectivity index (χ3n) is 1.98. The Labute approximate surface area is 58.3 Å². The second-order valence-electron chi connectivity index (χ2n) is 2.72. The molecule has 4 nitrogen and oxygen atoms in total. The van der Waals surface area contributed by atoms with Crippen molar-refractivity contribution >= 4 is 6.09 Å². The van der Waals surface area contributed by atoms with E-state index in [2.05, 4.69) is 10.2 Å². The van der Waals surface area contributed by atoms with Crippen LogP contribution in [0.5, 0.6) is 0 Å². The van der Waals surface area contributed by atoms with Gasteiger partial charge in [-0.15, -0.1) is 5.11 Å². The van der Waals surface area contributed by atoms with Crippen LogP contribution in [0.4, 0.5) is 4.79 Å². The normalized spacial score (nSPS) is 27.8. The molecule has 1 aliphatic carbocycles. The molecule has 0 unspecified atom stereocenters. The van der Waals surface area contributed by atoms with E-state index in [-0.39, 0.29) is 0 Å². The van der Waals surface area contributed by atoms with Crippen molar-refractivity contribution in [2.75, 3.05) is 0 Å². The van der Waals surface area contributed by atoms with Gasteiger partial charge in [0.2, 0.25) is 5.72 Å². The summed E-state index contributed by atoms with van der Waals surface area (Å²) in [5.41, 5.74) is -0.531. The maximum atomic E-state index is 10.5. The van der Waals surface area contributed by atoms with Gasteiger partial charge in [-0.05, 0) is 12.8 Å². The monoisotopic (exact) mass is 140 g/mol. The van der Waals surface area contributed by atoms with Gasteiger partial charge in [0.25, 0.3) is 0 Å². The smallest absolute Gasteiger partial charge is 0.417 e. The standard InChI is InChI=1S/C6H8N2O2/c9-5-7-8-6(10-5)3-1-2-4-6/h1-4H2. The predicted molar refractivity (Wildman–Crippen MR) is 32.5 cm³/mol. The summed E-state index contributed by atoms with van der Waals surface area (Å²) < 4.78 is 4.94. The highest BCUT2D eigenvalue weighted by Crippen LogP contribution is 2.37. The molecule has 1 spiro atoms. The van der Waals surface area contributed by atoms with Crippen LogP contribution >= 0.6 is 0 Å². The first-order valence-electron chi connectivity index (χ1n) is 3.47. The van der Waals surface area contributed by atoms with E-state index in [4.69, 9.17) is 4.74 Å². The lowest BCUT2D eigenvalue weighted by Gasteiger charge is -2.14. The van der Waals surface area contributed by atoms with E-state index in [1.54, 1.807) is 0 Å². The Kier molecular flexibility index (Phi) is 1.03. The molecule has 2 aliphatic rings. The van der Waals surface area contributed by atoms with Gasteiger partial charge in [-0.2, -0.15) is 0 Å². The minimum Gasteiger partial charge on any atom is -0.417 e. The van der Waals surface area contributed by atoms with Crippen molar-refractivity contribution < 1.29 is 9.53 Å². The van der Waals surface area contributed by atoms with Crippen molar-refractivity contribution in [2.24, 2.45) is 10.2 Å². The van der Waals surface area contributed by atoms with Gasteiger partial charge in [-0.3, -0.25) is 0 Å². The molecule has 0 atom stereocenters. The van der Waals surface area contributed by atoms with Crippen LogP contribution in [-0.4, -0.2) is 11.8 Å². The largest absolute Gasteiger partial charge is 0.454 e. The zero-order chi connectivity index (χ0) is 7.03. The van der Waals surface area contributed by atoms with E-state index in [9.17, 15) is 4.79 Å². The number of hydrogen-bond acceptors (Lipinski definition) is 3. The molecule has 1 aliphatic heterocycles. The molecule has 0 aromatic heterocycles. The Morgan fingerprint density at radius 1 is 1.40 bits per heavy atom. The lowest BCUT2D eigenvalue weighted by molar-refractivity contribution is 0.0503. The third kappa shape index (κ3) is 0.716. The second-order valence-corrected chi connectivity index (χ2v) is 2.72. The Balaban J connectivity index is 2.18. The molecule has 54 valence electrons. The molecule has 1 amide bonds. The highest BCUT2D eigenvalue weighted by atomic mass is 16.6. The van der Waals surface area contributed by atoms with Crippen LogP contribution in [0.1, 0.15) is 25.7 Å². The topological polar surface area (TPSA) is 51.0 Å². The molecule has 10 heavy (non-hydrogen) atoms. The highest BCUT2D eigenvalue weighted by Gasteiger charge is 2.41. The maximum absolute atomic E-state index is 10.5. The van der Waals surface area contributed by atoms with Gasteiger partial charge in [0.1, 0.15) is 0 Å². The molecule has 0 radical (unpaired) electrons. The quantitative estimate of drug-likeness (QED) is 0.515. The van der Waals surface area contributed by atoms with Crippen molar-refractivity contribution in [3.63, 3.8) is 0 Å². The number of nitrogens with zero attached hydrogens (tertiary/aromatic N) is 2. The lowest BCUT2D eigenvalue weighted by Crippen LogP contribution is -2.22. The molecule has 4 heteroatoms. The first-order valence-corrected chi connectivity index (χ1v) is 3.47. The summed E-state index contributed by atoms with van der Waals surface area (Å²) in [6.45, 7) is 0. The number of hydrogen-bond donors (Lipinski definition) is 0. The first-order chi connectivity index (χ1) is 4.81. The van der Waals surface area contributed by atoms with E-state index in [1.165, 1.54) is 0 Å². The molecule has 0 aromatic carbocycles. The van der Waals surface area contributed by atoms with Crippen LogP contribution in [0.2, 0.25) is 0 Å². The summed E-state index contributed by atoms with van der Waals surface area (Å²) in [6.07, 6.45) is 3.35. The summed E-state index contributed by atoms with van der Waals surface area (Å²) in [6, 6.07) is 0. The fourth-order valence-electron chi connectivity index (χ4n) is 1.46. The number of azo groups is 1. The van der Waals surface area contributed by atoms with Gasteiger partial charge < -0.3 is 4.74 Å². The molecule has 1 fully saturated rings. The van der Waals surface area contributed by atoms with Crippen molar-refractivity contribution in [3.05, 3.63) is 0 Å². The van der Waals surface area contributed by atoms with Gasteiger partial charge in [-0.1, -0.05) is 5.11 Å². The fraction of sp³-hybridized carbons (Fsp3) is 0.833. The Bertz CT molecular complexity index is 194. The minimum absolute atomic E-state index is 0.526. The zero-order valence-corrected chi connectivity index (χ0v) is 5.54. The molecule has 1 heterocycles. The van der Waals surface area contributed by atoms with E-state index in [0.29, 0.717) is 0 Å². The summed E-state index contributed by atoms with van der Waals surface area (Å²) >= 11 is 0. The van der Waals surface area contributed by atoms with E-state index in [0.717, 1.165) is 25.7 Å². The van der Waals surface area contributed by atoms with Crippen molar-refractivity contribution in [2.45, 2.75) is 31.4 Å². The van der Waals surface area contributed by atoms with Crippen LogP contribution < -0.4 is 0 Å². The van der Waals surface area contributed by atoms with Gasteiger partial charge >= 0.3 is 6.09 Å². The van der Waals surface area contributed by atoms with Gasteiger partial charge in [0.05, 0.1) is 0 Å². The summed E-state index contributed by atoms with van der Waals surface area (Å²) in [5.74, 6) is 0. The highest BCUT2D eigenvalue weighted by molar-refractivity contribution is 5.69. The number of rotatable bonds is 0. The van der Waals surface area contributed by atoms with Gasteiger partial charge in [-0.25, -0.2) is 4.79 Å². The third-order valence-corrected chi connectivity index (χ3v) is 1.98. The molecular weight excluding hydrogens is 132 g/mol. The molecular formula is C6H8N2O2. The Morgan fingerprint density at radius 2 is 2.10 bits per heavy atom. The van der Waals surface area contributed by atoms with Crippen LogP contribution in [0.15, 0.2) is 10.2 Å². The van der Waals surface area contributed by atoms with Gasteiger partial charge in [0.15, 0.2) is 0 Å². The Morgan fingerprint density at radius 3 is 2.60 bits per heavy atom.